The fourth-order valence-electron chi connectivity index (χ4n) is 2.30. The second kappa shape index (κ2) is 7.40. The SMILES string of the molecule is CC(C)c1ccc(-c2nnc(NC(=O)c3ccc([N+](=O)[O-])cc3)s2)cc1. The molecule has 7 nitrogen and oxygen atoms in total. The zero-order chi connectivity index (χ0) is 18.7. The molecule has 0 radical (unpaired) electrons. The third-order valence-corrected chi connectivity index (χ3v) is 4.70. The molecule has 0 aliphatic heterocycles. The normalized spacial score (nSPS) is 10.7. The van der Waals surface area contributed by atoms with Gasteiger partial charge in [0.05, 0.1) is 4.92 Å². The molecule has 3 aromatic rings. The molecule has 0 saturated heterocycles. The average molecular weight is 368 g/mol. The smallest absolute Gasteiger partial charge is 0.269 e. The maximum Gasteiger partial charge on any atom is 0.269 e. The number of hydrogen-bond donors (Lipinski definition) is 1. The topological polar surface area (TPSA) is 98.0 Å². The minimum absolute atomic E-state index is 0.0652. The van der Waals surface area contributed by atoms with Gasteiger partial charge in [-0.15, -0.1) is 10.2 Å². The summed E-state index contributed by atoms with van der Waals surface area (Å²) >= 11 is 1.27. The Labute approximate surface area is 153 Å². The highest BCUT2D eigenvalue weighted by Gasteiger charge is 2.13. The van der Waals surface area contributed by atoms with E-state index in [0.717, 1.165) is 5.56 Å². The highest BCUT2D eigenvalue weighted by Crippen LogP contribution is 2.28. The summed E-state index contributed by atoms with van der Waals surface area (Å²) in [5.41, 5.74) is 2.42. The zero-order valence-electron chi connectivity index (χ0n) is 14.2. The molecular formula is C18H16N4O3S. The van der Waals surface area contributed by atoms with Crippen LogP contribution in [0.15, 0.2) is 48.5 Å². The molecule has 26 heavy (non-hydrogen) atoms. The standard InChI is InChI=1S/C18H16N4O3S/c1-11(2)12-3-5-14(6-4-12)17-20-21-18(26-17)19-16(23)13-7-9-15(10-8-13)22(24)25/h3-11H,1-2H3,(H,19,21,23). The molecule has 132 valence electrons. The zero-order valence-corrected chi connectivity index (χ0v) is 15.0. The summed E-state index contributed by atoms with van der Waals surface area (Å²) in [6.07, 6.45) is 0. The molecule has 3 rings (SSSR count). The van der Waals surface area contributed by atoms with Crippen molar-refractivity contribution in [3.05, 3.63) is 69.8 Å². The van der Waals surface area contributed by atoms with Crippen LogP contribution in [0.1, 0.15) is 35.7 Å². The Morgan fingerprint density at radius 3 is 2.31 bits per heavy atom. The first-order chi connectivity index (χ1) is 12.4. The first kappa shape index (κ1) is 17.7. The van der Waals surface area contributed by atoms with Crippen LogP contribution in [0.2, 0.25) is 0 Å². The Balaban J connectivity index is 1.71. The molecule has 2 aromatic carbocycles. The number of nitrogens with zero attached hydrogens (tertiary/aromatic N) is 3. The number of aromatic nitrogens is 2. The molecule has 0 bridgehead atoms. The molecule has 8 heteroatoms. The van der Waals surface area contributed by atoms with Crippen LogP contribution in [0, 0.1) is 10.1 Å². The molecule has 0 spiro atoms. The number of non-ortho nitro benzene ring substituents is 1. The number of carbonyl (C=O) groups is 1. The second-order valence-corrected chi connectivity index (χ2v) is 6.92. The molecule has 1 heterocycles. The number of nitro benzene ring substituents is 1. The molecule has 0 fully saturated rings. The Bertz CT molecular complexity index is 934. The average Bonchev–Trinajstić information content (AvgIpc) is 3.10. The Morgan fingerprint density at radius 1 is 1.08 bits per heavy atom. The monoisotopic (exact) mass is 368 g/mol. The van der Waals surface area contributed by atoms with E-state index in [9.17, 15) is 14.9 Å². The minimum Gasteiger partial charge on any atom is -0.296 e. The van der Waals surface area contributed by atoms with E-state index in [1.54, 1.807) is 0 Å². The van der Waals surface area contributed by atoms with Gasteiger partial charge in [0.2, 0.25) is 5.13 Å². The molecule has 0 unspecified atom stereocenters. The second-order valence-electron chi connectivity index (χ2n) is 5.95. The summed E-state index contributed by atoms with van der Waals surface area (Å²) in [7, 11) is 0. The Morgan fingerprint density at radius 2 is 1.73 bits per heavy atom. The van der Waals surface area contributed by atoms with Crippen molar-refractivity contribution < 1.29 is 9.72 Å². The Kier molecular flexibility index (Phi) is 5.04. The summed E-state index contributed by atoms with van der Waals surface area (Å²) in [5.74, 6) is 0.0627. The van der Waals surface area contributed by atoms with Crippen LogP contribution >= 0.6 is 11.3 Å². The van der Waals surface area contributed by atoms with Crippen LogP contribution in [-0.4, -0.2) is 21.0 Å². The number of nitrogens with one attached hydrogen (secondary N) is 1. The van der Waals surface area contributed by atoms with Gasteiger partial charge in [-0.2, -0.15) is 0 Å². The lowest BCUT2D eigenvalue weighted by Gasteiger charge is -2.04. The van der Waals surface area contributed by atoms with Crippen molar-refractivity contribution in [1.82, 2.24) is 10.2 Å². The van der Waals surface area contributed by atoms with Crippen LogP contribution in [0.4, 0.5) is 10.8 Å². The van der Waals surface area contributed by atoms with Crippen LogP contribution in [0.3, 0.4) is 0 Å². The lowest BCUT2D eigenvalue weighted by atomic mass is 10.0. The first-order valence-corrected chi connectivity index (χ1v) is 8.75. The van der Waals surface area contributed by atoms with Crippen LogP contribution in [0.25, 0.3) is 10.6 Å². The molecule has 1 N–H and O–H groups in total. The van der Waals surface area contributed by atoms with Gasteiger partial charge in [0.1, 0.15) is 5.01 Å². The van der Waals surface area contributed by atoms with Crippen molar-refractivity contribution in [3.8, 4) is 10.6 Å². The summed E-state index contributed by atoms with van der Waals surface area (Å²) in [5, 5.41) is 22.5. The highest BCUT2D eigenvalue weighted by molar-refractivity contribution is 7.18. The Hall–Kier alpha value is -3.13. The predicted molar refractivity (Wildman–Crippen MR) is 100 cm³/mol. The van der Waals surface area contributed by atoms with E-state index < -0.39 is 10.8 Å². The third-order valence-electron chi connectivity index (χ3n) is 3.81. The number of anilines is 1. The van der Waals surface area contributed by atoms with Gasteiger partial charge < -0.3 is 0 Å². The molecule has 0 aliphatic rings. The first-order valence-electron chi connectivity index (χ1n) is 7.93. The van der Waals surface area contributed by atoms with Crippen molar-refractivity contribution in [2.24, 2.45) is 0 Å². The highest BCUT2D eigenvalue weighted by atomic mass is 32.1. The van der Waals surface area contributed by atoms with Crippen LogP contribution in [0.5, 0.6) is 0 Å². The lowest BCUT2D eigenvalue weighted by Crippen LogP contribution is -2.11. The summed E-state index contributed by atoms with van der Waals surface area (Å²) in [6.45, 7) is 4.26. The predicted octanol–water partition coefficient (Wildman–Crippen LogP) is 4.49. The van der Waals surface area contributed by atoms with Crippen molar-refractivity contribution >= 4 is 28.1 Å². The van der Waals surface area contributed by atoms with E-state index >= 15 is 0 Å². The van der Waals surface area contributed by atoms with Gasteiger partial charge in [-0.25, -0.2) is 0 Å². The van der Waals surface area contributed by atoms with Crippen molar-refractivity contribution in [1.29, 1.82) is 0 Å². The fraction of sp³-hybridized carbons (Fsp3) is 0.167. The van der Waals surface area contributed by atoms with E-state index in [4.69, 9.17) is 0 Å². The number of carbonyl (C=O) groups excluding carboxylic acids is 1. The van der Waals surface area contributed by atoms with Gasteiger partial charge >= 0.3 is 0 Å². The van der Waals surface area contributed by atoms with Gasteiger partial charge in [0, 0.05) is 23.3 Å². The largest absolute Gasteiger partial charge is 0.296 e. The summed E-state index contributed by atoms with van der Waals surface area (Å²) in [4.78, 5) is 22.4. The van der Waals surface area contributed by atoms with E-state index in [-0.39, 0.29) is 5.69 Å². The van der Waals surface area contributed by atoms with E-state index in [0.29, 0.717) is 21.6 Å². The fourth-order valence-corrected chi connectivity index (χ4v) is 3.05. The molecule has 1 amide bonds. The van der Waals surface area contributed by atoms with Crippen molar-refractivity contribution in [2.45, 2.75) is 19.8 Å². The van der Waals surface area contributed by atoms with E-state index in [2.05, 4.69) is 41.5 Å². The van der Waals surface area contributed by atoms with Gasteiger partial charge in [-0.3, -0.25) is 20.2 Å². The number of rotatable bonds is 5. The number of amides is 1. The van der Waals surface area contributed by atoms with Gasteiger partial charge in [0.15, 0.2) is 0 Å². The van der Waals surface area contributed by atoms with E-state index in [1.165, 1.54) is 41.2 Å². The summed E-state index contributed by atoms with van der Waals surface area (Å²) in [6, 6.07) is 13.5. The summed E-state index contributed by atoms with van der Waals surface area (Å²) < 4.78 is 0. The number of benzene rings is 2. The van der Waals surface area contributed by atoms with E-state index in [1.807, 2.05) is 12.1 Å². The van der Waals surface area contributed by atoms with Gasteiger partial charge in [-0.05, 0) is 23.6 Å². The third kappa shape index (κ3) is 3.92. The molecule has 1 aromatic heterocycles. The van der Waals surface area contributed by atoms with Crippen molar-refractivity contribution in [2.75, 3.05) is 5.32 Å². The molecule has 0 saturated carbocycles. The minimum atomic E-state index is -0.511. The van der Waals surface area contributed by atoms with Crippen LogP contribution in [-0.2, 0) is 0 Å². The maximum absolute atomic E-state index is 12.2. The van der Waals surface area contributed by atoms with Crippen molar-refractivity contribution in [3.63, 3.8) is 0 Å². The number of hydrogen-bond acceptors (Lipinski definition) is 6. The maximum atomic E-state index is 12.2. The lowest BCUT2D eigenvalue weighted by molar-refractivity contribution is -0.384. The molecular weight excluding hydrogens is 352 g/mol. The number of nitro groups is 1. The molecule has 0 aliphatic carbocycles. The van der Waals surface area contributed by atoms with Gasteiger partial charge in [-0.1, -0.05) is 49.4 Å². The van der Waals surface area contributed by atoms with Crippen LogP contribution < -0.4 is 5.32 Å². The molecule has 0 atom stereocenters. The van der Waals surface area contributed by atoms with Gasteiger partial charge in [0.25, 0.3) is 11.6 Å². The quantitative estimate of drug-likeness (QED) is 0.528.